The Morgan fingerprint density at radius 2 is 2.11 bits per heavy atom. The van der Waals surface area contributed by atoms with Gasteiger partial charge in [0.25, 0.3) is 0 Å². The molecule has 2 radical (unpaired) electrons. The number of rotatable bonds is 1. The molecule has 9 heavy (non-hydrogen) atoms. The number of hydrogen-bond donors (Lipinski definition) is 0. The molecule has 0 spiro atoms. The summed E-state index contributed by atoms with van der Waals surface area (Å²) in [6.07, 6.45) is 1.15. The lowest BCUT2D eigenvalue weighted by Gasteiger charge is -2.24. The summed E-state index contributed by atoms with van der Waals surface area (Å²) in [7, 11) is 0. The van der Waals surface area contributed by atoms with Gasteiger partial charge in [-0.3, -0.25) is 0 Å². The number of hydrogen-bond acceptors (Lipinski definition) is 0. The van der Waals surface area contributed by atoms with Gasteiger partial charge in [-0.2, -0.15) is 0 Å². The molecular weight excluding hydrogens is 112 g/mol. The molecule has 0 saturated carbocycles. The fraction of sp³-hybridized carbons (Fsp3) is 1.00. The molecule has 1 aliphatic heterocycles. The molecule has 2 heteroatoms. The molecule has 1 rings (SSSR count). The second kappa shape index (κ2) is 3.18. The van der Waals surface area contributed by atoms with Gasteiger partial charge in [-0.05, 0) is 13.3 Å². The Kier molecular flexibility index (Phi) is 2.49. The summed E-state index contributed by atoms with van der Waals surface area (Å²) in [6.45, 7) is 6.19. The van der Waals surface area contributed by atoms with Crippen molar-refractivity contribution in [2.24, 2.45) is 0 Å². The van der Waals surface area contributed by atoms with Crippen LogP contribution >= 0.6 is 0 Å². The molecule has 2 atom stereocenters. The normalized spacial score (nSPS) is 36.7. The van der Waals surface area contributed by atoms with Crippen molar-refractivity contribution < 1.29 is 0 Å². The van der Waals surface area contributed by atoms with Gasteiger partial charge < -0.3 is 0 Å². The average molecular weight is 126 g/mol. The Morgan fingerprint density at radius 3 is 2.56 bits per heavy atom. The summed E-state index contributed by atoms with van der Waals surface area (Å²) in [5, 5.41) is 8.82. The minimum atomic E-state index is 0.479. The first-order valence-electron chi connectivity index (χ1n) is 3.66. The fourth-order valence-corrected chi connectivity index (χ4v) is 0.977. The minimum absolute atomic E-state index is 0.479. The Hall–Kier alpha value is -0.0800. The minimum Gasteiger partial charge on any atom is -0.236 e. The van der Waals surface area contributed by atoms with Crippen LogP contribution in [-0.2, 0) is 0 Å². The highest BCUT2D eigenvalue weighted by Gasteiger charge is 2.16. The monoisotopic (exact) mass is 126 g/mol. The molecular formula is C7H14N2. The largest absolute Gasteiger partial charge is 0.236 e. The maximum absolute atomic E-state index is 4.44. The molecule has 0 N–H and O–H groups in total. The highest BCUT2D eigenvalue weighted by molar-refractivity contribution is 4.77. The second-order valence-corrected chi connectivity index (χ2v) is 2.64. The molecule has 0 bridgehead atoms. The molecule has 1 aliphatic rings. The molecule has 0 aromatic heterocycles. The molecule has 52 valence electrons. The maximum atomic E-state index is 4.44. The molecule has 0 amide bonds. The van der Waals surface area contributed by atoms with Crippen molar-refractivity contribution in [1.29, 1.82) is 0 Å². The van der Waals surface area contributed by atoms with Gasteiger partial charge in [0.05, 0.1) is 0 Å². The fourth-order valence-electron chi connectivity index (χ4n) is 0.977. The van der Waals surface area contributed by atoms with Crippen LogP contribution in [0.15, 0.2) is 0 Å². The highest BCUT2D eigenvalue weighted by atomic mass is 15.1. The van der Waals surface area contributed by atoms with Gasteiger partial charge in [-0.1, -0.05) is 6.92 Å². The van der Waals surface area contributed by atoms with Crippen LogP contribution in [0.1, 0.15) is 20.3 Å². The van der Waals surface area contributed by atoms with Crippen molar-refractivity contribution in [3.05, 3.63) is 0 Å². The number of nitrogens with zero attached hydrogens (tertiary/aromatic N) is 2. The Bertz CT molecular complexity index is 75.0. The molecule has 0 aromatic carbocycles. The Balaban J connectivity index is 2.18. The van der Waals surface area contributed by atoms with E-state index in [2.05, 4.69) is 24.5 Å². The van der Waals surface area contributed by atoms with E-state index in [1.165, 1.54) is 0 Å². The molecule has 1 heterocycles. The van der Waals surface area contributed by atoms with E-state index in [0.717, 1.165) is 19.5 Å². The summed E-state index contributed by atoms with van der Waals surface area (Å²) in [5.74, 6) is 0. The summed E-state index contributed by atoms with van der Waals surface area (Å²) in [4.78, 5) is 0. The summed E-state index contributed by atoms with van der Waals surface area (Å²) >= 11 is 0. The second-order valence-electron chi connectivity index (χ2n) is 2.64. The lowest BCUT2D eigenvalue weighted by Crippen LogP contribution is -2.45. The maximum Gasteiger partial charge on any atom is 0.0385 e. The third-order valence-corrected chi connectivity index (χ3v) is 1.73. The first-order chi connectivity index (χ1) is 4.33. The SMILES string of the molecule is CCC1C[N]C(C)C[N]1. The van der Waals surface area contributed by atoms with E-state index in [9.17, 15) is 0 Å². The van der Waals surface area contributed by atoms with Crippen molar-refractivity contribution in [3.63, 3.8) is 0 Å². The van der Waals surface area contributed by atoms with Crippen LogP contribution in [0, 0.1) is 0 Å². The van der Waals surface area contributed by atoms with Gasteiger partial charge in [-0.15, -0.1) is 0 Å². The van der Waals surface area contributed by atoms with Gasteiger partial charge >= 0.3 is 0 Å². The van der Waals surface area contributed by atoms with Crippen LogP contribution in [0.5, 0.6) is 0 Å². The van der Waals surface area contributed by atoms with Gasteiger partial charge in [0.1, 0.15) is 0 Å². The van der Waals surface area contributed by atoms with E-state index in [0.29, 0.717) is 12.1 Å². The zero-order valence-electron chi connectivity index (χ0n) is 6.17. The van der Waals surface area contributed by atoms with Gasteiger partial charge in [0, 0.05) is 25.2 Å². The molecule has 1 fully saturated rings. The predicted molar refractivity (Wildman–Crippen MR) is 37.5 cm³/mol. The van der Waals surface area contributed by atoms with Crippen LogP contribution in [-0.4, -0.2) is 25.2 Å². The van der Waals surface area contributed by atoms with Crippen LogP contribution in [0.4, 0.5) is 0 Å². The van der Waals surface area contributed by atoms with E-state index in [1.807, 2.05) is 0 Å². The Morgan fingerprint density at radius 1 is 1.33 bits per heavy atom. The third kappa shape index (κ3) is 1.95. The standard InChI is InChI=1S/C7H14N2/c1-3-7-5-8-6(2)4-9-7/h6-7H,3-5H2,1-2H3. The quantitative estimate of drug-likeness (QED) is 0.486. The number of piperazine rings is 1. The van der Waals surface area contributed by atoms with Crippen molar-refractivity contribution in [1.82, 2.24) is 10.6 Å². The lowest BCUT2D eigenvalue weighted by molar-refractivity contribution is 0.341. The van der Waals surface area contributed by atoms with Crippen molar-refractivity contribution in [2.75, 3.05) is 13.1 Å². The molecule has 2 nitrogen and oxygen atoms in total. The Labute approximate surface area is 57.0 Å². The topological polar surface area (TPSA) is 28.2 Å². The van der Waals surface area contributed by atoms with E-state index in [4.69, 9.17) is 0 Å². The summed E-state index contributed by atoms with van der Waals surface area (Å²) < 4.78 is 0. The molecule has 1 saturated heterocycles. The van der Waals surface area contributed by atoms with Crippen LogP contribution in [0.2, 0.25) is 0 Å². The molecule has 0 aromatic rings. The van der Waals surface area contributed by atoms with Crippen LogP contribution in [0.3, 0.4) is 0 Å². The summed E-state index contributed by atoms with van der Waals surface area (Å²) in [5.41, 5.74) is 0. The molecule has 0 aliphatic carbocycles. The van der Waals surface area contributed by atoms with Crippen LogP contribution in [0.25, 0.3) is 0 Å². The smallest absolute Gasteiger partial charge is 0.0385 e. The van der Waals surface area contributed by atoms with Crippen molar-refractivity contribution >= 4 is 0 Å². The average Bonchev–Trinajstić information content (AvgIpc) is 1.90. The lowest BCUT2D eigenvalue weighted by atomic mass is 10.1. The van der Waals surface area contributed by atoms with Crippen LogP contribution < -0.4 is 10.6 Å². The van der Waals surface area contributed by atoms with Gasteiger partial charge in [0.2, 0.25) is 0 Å². The molecule has 2 unspecified atom stereocenters. The third-order valence-electron chi connectivity index (χ3n) is 1.73. The predicted octanol–water partition coefficient (Wildman–Crippen LogP) is 0.376. The van der Waals surface area contributed by atoms with Crippen molar-refractivity contribution in [3.8, 4) is 0 Å². The van der Waals surface area contributed by atoms with Crippen molar-refractivity contribution in [2.45, 2.75) is 32.4 Å². The van der Waals surface area contributed by atoms with E-state index in [1.54, 1.807) is 0 Å². The zero-order chi connectivity index (χ0) is 6.69. The van der Waals surface area contributed by atoms with Gasteiger partial charge in [0.15, 0.2) is 0 Å². The highest BCUT2D eigenvalue weighted by Crippen LogP contribution is 1.99. The van der Waals surface area contributed by atoms with Gasteiger partial charge in [-0.25, -0.2) is 10.6 Å². The zero-order valence-corrected chi connectivity index (χ0v) is 6.17. The summed E-state index contributed by atoms with van der Waals surface area (Å²) in [6, 6.07) is 1.01. The van der Waals surface area contributed by atoms with E-state index in [-0.39, 0.29) is 0 Å². The van der Waals surface area contributed by atoms with E-state index < -0.39 is 0 Å². The first kappa shape index (κ1) is 7.03. The first-order valence-corrected chi connectivity index (χ1v) is 3.66. The van der Waals surface area contributed by atoms with E-state index >= 15 is 0 Å².